The van der Waals surface area contributed by atoms with Gasteiger partial charge in [0.05, 0.1) is 11.4 Å². The first-order valence-electron chi connectivity index (χ1n) is 8.37. The molecule has 2 fully saturated rings. The Kier molecular flexibility index (Phi) is 3.59. The number of rotatable bonds is 2. The lowest BCUT2D eigenvalue weighted by molar-refractivity contribution is -0.139. The number of fused-ring (bicyclic) bond motifs is 1. The molecule has 120 valence electrons. The number of carbonyl (C=O) groups excluding carboxylic acids is 1. The summed E-state index contributed by atoms with van der Waals surface area (Å²) in [5.74, 6) is 0.543. The monoisotopic (exact) mass is 312 g/mol. The van der Waals surface area contributed by atoms with Crippen molar-refractivity contribution in [3.63, 3.8) is 0 Å². The van der Waals surface area contributed by atoms with Crippen LogP contribution < -0.4 is 5.56 Å². The molecule has 6 heteroatoms. The molecule has 1 aromatic heterocycles. The van der Waals surface area contributed by atoms with E-state index in [0.29, 0.717) is 29.9 Å². The van der Waals surface area contributed by atoms with E-state index < -0.39 is 0 Å². The Morgan fingerprint density at radius 2 is 1.83 bits per heavy atom. The molecule has 6 nitrogen and oxygen atoms in total. The van der Waals surface area contributed by atoms with Gasteiger partial charge in [-0.25, -0.2) is 4.68 Å². The van der Waals surface area contributed by atoms with E-state index in [9.17, 15) is 9.59 Å². The van der Waals surface area contributed by atoms with Crippen molar-refractivity contribution in [2.75, 3.05) is 13.1 Å². The van der Waals surface area contributed by atoms with Crippen LogP contribution in [-0.2, 0) is 4.79 Å². The molecule has 0 unspecified atom stereocenters. The van der Waals surface area contributed by atoms with Crippen molar-refractivity contribution < 1.29 is 4.79 Å². The number of amides is 1. The van der Waals surface area contributed by atoms with Gasteiger partial charge in [0.2, 0.25) is 5.91 Å². The summed E-state index contributed by atoms with van der Waals surface area (Å²) in [4.78, 5) is 26.8. The van der Waals surface area contributed by atoms with Gasteiger partial charge in [-0.1, -0.05) is 23.8 Å². The normalized spacial score (nSPS) is 19.7. The van der Waals surface area contributed by atoms with Gasteiger partial charge in [-0.15, -0.1) is 5.10 Å². The highest BCUT2D eigenvalue weighted by Crippen LogP contribution is 2.30. The third-order valence-corrected chi connectivity index (χ3v) is 5.17. The summed E-state index contributed by atoms with van der Waals surface area (Å²) in [5, 5.41) is 8.87. The van der Waals surface area contributed by atoms with Crippen molar-refractivity contribution in [2.45, 2.75) is 38.1 Å². The first-order valence-corrected chi connectivity index (χ1v) is 8.37. The average Bonchev–Trinajstić information content (AvgIpc) is 2.54. The second-order valence-corrected chi connectivity index (χ2v) is 6.54. The topological polar surface area (TPSA) is 68.1 Å². The van der Waals surface area contributed by atoms with Gasteiger partial charge in [0.1, 0.15) is 5.52 Å². The van der Waals surface area contributed by atoms with Crippen molar-refractivity contribution in [3.8, 4) is 0 Å². The molecule has 0 bridgehead atoms. The van der Waals surface area contributed by atoms with E-state index in [0.717, 1.165) is 25.7 Å². The van der Waals surface area contributed by atoms with Gasteiger partial charge in [0.25, 0.3) is 5.56 Å². The number of likely N-dealkylation sites (tertiary alicyclic amines) is 1. The SMILES string of the molecule is O=C(C1CCC1)N1CCC(n2nnc3ccccc3c2=O)CC1. The minimum atomic E-state index is -0.0839. The summed E-state index contributed by atoms with van der Waals surface area (Å²) in [6.07, 6.45) is 4.79. The molecule has 1 saturated heterocycles. The molecule has 0 atom stereocenters. The predicted molar refractivity (Wildman–Crippen MR) is 86.0 cm³/mol. The van der Waals surface area contributed by atoms with E-state index in [4.69, 9.17) is 0 Å². The number of nitrogens with zero attached hydrogens (tertiary/aromatic N) is 4. The lowest BCUT2D eigenvalue weighted by Gasteiger charge is -2.36. The summed E-state index contributed by atoms with van der Waals surface area (Å²) < 4.78 is 1.51. The largest absolute Gasteiger partial charge is 0.342 e. The summed E-state index contributed by atoms with van der Waals surface area (Å²) in [6.45, 7) is 1.42. The number of hydrogen-bond acceptors (Lipinski definition) is 4. The molecule has 1 saturated carbocycles. The van der Waals surface area contributed by atoms with Crippen LogP contribution in [-0.4, -0.2) is 38.9 Å². The van der Waals surface area contributed by atoms with Gasteiger partial charge in [-0.2, -0.15) is 0 Å². The van der Waals surface area contributed by atoms with Crippen molar-refractivity contribution in [1.29, 1.82) is 0 Å². The number of aromatic nitrogens is 3. The molecule has 2 aliphatic rings. The highest BCUT2D eigenvalue weighted by Gasteiger charge is 2.32. The maximum absolute atomic E-state index is 12.6. The lowest BCUT2D eigenvalue weighted by Crippen LogP contribution is -2.45. The summed E-state index contributed by atoms with van der Waals surface area (Å²) >= 11 is 0. The van der Waals surface area contributed by atoms with E-state index >= 15 is 0 Å². The standard InChI is InChI=1S/C17H20N4O2/c22-16(12-4-3-5-12)20-10-8-13(9-11-20)21-17(23)14-6-1-2-7-15(14)18-19-21/h1-2,6-7,12-13H,3-5,8-11H2. The molecule has 1 aliphatic carbocycles. The Bertz CT molecular complexity index is 789. The highest BCUT2D eigenvalue weighted by molar-refractivity contribution is 5.79. The number of hydrogen-bond donors (Lipinski definition) is 0. The lowest BCUT2D eigenvalue weighted by atomic mass is 9.84. The van der Waals surface area contributed by atoms with E-state index in [1.165, 1.54) is 11.1 Å². The number of piperidine rings is 1. The summed E-state index contributed by atoms with van der Waals surface area (Å²) in [7, 11) is 0. The first kappa shape index (κ1) is 14.4. The molecule has 0 N–H and O–H groups in total. The van der Waals surface area contributed by atoms with Crippen molar-refractivity contribution in [1.82, 2.24) is 19.9 Å². The Balaban J connectivity index is 1.51. The van der Waals surface area contributed by atoms with Crippen LogP contribution in [0.2, 0.25) is 0 Å². The molecule has 4 rings (SSSR count). The van der Waals surface area contributed by atoms with Crippen LogP contribution in [0.1, 0.15) is 38.1 Å². The third-order valence-electron chi connectivity index (χ3n) is 5.17. The molecule has 0 radical (unpaired) electrons. The van der Waals surface area contributed by atoms with Crippen molar-refractivity contribution in [2.24, 2.45) is 5.92 Å². The minimum Gasteiger partial charge on any atom is -0.342 e. The van der Waals surface area contributed by atoms with Crippen molar-refractivity contribution >= 4 is 16.8 Å². The Morgan fingerprint density at radius 3 is 2.52 bits per heavy atom. The fourth-order valence-electron chi connectivity index (χ4n) is 3.49. The molecule has 0 spiro atoms. The smallest absolute Gasteiger partial charge is 0.277 e. The van der Waals surface area contributed by atoms with Gasteiger partial charge in [-0.05, 0) is 37.8 Å². The molecule has 1 aliphatic heterocycles. The van der Waals surface area contributed by atoms with Gasteiger partial charge < -0.3 is 4.90 Å². The zero-order valence-electron chi connectivity index (χ0n) is 13.0. The maximum atomic E-state index is 12.6. The third kappa shape index (κ3) is 2.52. The van der Waals surface area contributed by atoms with Gasteiger partial charge in [0.15, 0.2) is 0 Å². The van der Waals surface area contributed by atoms with Crippen molar-refractivity contribution in [3.05, 3.63) is 34.6 Å². The zero-order chi connectivity index (χ0) is 15.8. The van der Waals surface area contributed by atoms with Gasteiger partial charge in [-0.3, -0.25) is 9.59 Å². The van der Waals surface area contributed by atoms with Crippen LogP contribution in [0.4, 0.5) is 0 Å². The Hall–Kier alpha value is -2.24. The second kappa shape index (κ2) is 5.76. The predicted octanol–water partition coefficient (Wildman–Crippen LogP) is 1.76. The zero-order valence-corrected chi connectivity index (χ0v) is 13.0. The number of benzene rings is 1. The highest BCUT2D eigenvalue weighted by atomic mass is 16.2. The fourth-order valence-corrected chi connectivity index (χ4v) is 3.49. The van der Waals surface area contributed by atoms with E-state index in [1.54, 1.807) is 12.1 Å². The average molecular weight is 312 g/mol. The molecule has 1 amide bonds. The molecular formula is C17H20N4O2. The van der Waals surface area contributed by atoms with E-state index in [2.05, 4.69) is 10.3 Å². The molecular weight excluding hydrogens is 292 g/mol. The fraction of sp³-hybridized carbons (Fsp3) is 0.529. The quantitative estimate of drug-likeness (QED) is 0.847. The van der Waals surface area contributed by atoms with Gasteiger partial charge in [0, 0.05) is 19.0 Å². The Morgan fingerprint density at radius 1 is 1.09 bits per heavy atom. The summed E-state index contributed by atoms with van der Waals surface area (Å²) in [5.41, 5.74) is 0.547. The van der Waals surface area contributed by atoms with Gasteiger partial charge >= 0.3 is 0 Å². The van der Waals surface area contributed by atoms with Crippen LogP contribution >= 0.6 is 0 Å². The van der Waals surface area contributed by atoms with E-state index in [-0.39, 0.29) is 17.5 Å². The molecule has 23 heavy (non-hydrogen) atoms. The van der Waals surface area contributed by atoms with E-state index in [1.807, 2.05) is 17.0 Å². The first-order chi connectivity index (χ1) is 11.2. The minimum absolute atomic E-state index is 0.0325. The van der Waals surface area contributed by atoms with Crippen LogP contribution in [0.5, 0.6) is 0 Å². The van der Waals surface area contributed by atoms with Crippen LogP contribution in [0.25, 0.3) is 10.9 Å². The van der Waals surface area contributed by atoms with Crippen LogP contribution in [0, 0.1) is 5.92 Å². The Labute approximate surface area is 134 Å². The molecule has 2 aromatic rings. The van der Waals surface area contributed by atoms with Crippen LogP contribution in [0.3, 0.4) is 0 Å². The molecule has 1 aromatic carbocycles. The second-order valence-electron chi connectivity index (χ2n) is 6.54. The summed E-state index contributed by atoms with van der Waals surface area (Å²) in [6, 6.07) is 7.32. The number of carbonyl (C=O) groups is 1. The molecule has 2 heterocycles. The maximum Gasteiger partial charge on any atom is 0.277 e. The van der Waals surface area contributed by atoms with Crippen LogP contribution in [0.15, 0.2) is 29.1 Å².